The molecule has 3 amide bonds. The first kappa shape index (κ1) is 20.0. The van der Waals surface area contributed by atoms with Crippen molar-refractivity contribution in [2.24, 2.45) is 0 Å². The number of amides is 3. The molecular formula is C20H13Cl3N2O3. The van der Waals surface area contributed by atoms with Gasteiger partial charge in [0.25, 0.3) is 5.91 Å². The molecule has 0 aliphatic rings. The van der Waals surface area contributed by atoms with Crippen LogP contribution in [0.2, 0.25) is 15.1 Å². The number of hydrogen-bond donors (Lipinski definition) is 2. The van der Waals surface area contributed by atoms with E-state index in [4.69, 9.17) is 39.5 Å². The van der Waals surface area contributed by atoms with Gasteiger partial charge in [0.2, 0.25) is 0 Å². The summed E-state index contributed by atoms with van der Waals surface area (Å²) in [5.41, 5.74) is 0.676. The predicted octanol–water partition coefficient (Wildman–Crippen LogP) is 6.40. The van der Waals surface area contributed by atoms with E-state index in [1.165, 1.54) is 6.07 Å². The SMILES string of the molecule is O=C(NC(=O)c1ccccc1Cl)Nc1ccc(Oc2cc(Cl)ccc2Cl)cc1. The molecule has 3 rings (SSSR count). The van der Waals surface area contributed by atoms with Crippen molar-refractivity contribution in [2.75, 3.05) is 5.32 Å². The molecule has 28 heavy (non-hydrogen) atoms. The fourth-order valence-corrected chi connectivity index (χ4v) is 2.81. The number of carbonyl (C=O) groups is 2. The monoisotopic (exact) mass is 434 g/mol. The third-order valence-electron chi connectivity index (χ3n) is 3.58. The Morgan fingerprint density at radius 2 is 1.54 bits per heavy atom. The van der Waals surface area contributed by atoms with Gasteiger partial charge in [0.1, 0.15) is 11.5 Å². The van der Waals surface area contributed by atoms with Gasteiger partial charge in [-0.05, 0) is 48.5 Å². The van der Waals surface area contributed by atoms with Gasteiger partial charge < -0.3 is 10.1 Å². The Balaban J connectivity index is 1.61. The molecule has 142 valence electrons. The van der Waals surface area contributed by atoms with Gasteiger partial charge in [-0.2, -0.15) is 0 Å². The van der Waals surface area contributed by atoms with E-state index in [-0.39, 0.29) is 10.6 Å². The Morgan fingerprint density at radius 3 is 2.25 bits per heavy atom. The van der Waals surface area contributed by atoms with E-state index < -0.39 is 11.9 Å². The summed E-state index contributed by atoms with van der Waals surface area (Å²) in [6, 6.07) is 17.2. The molecule has 0 saturated carbocycles. The van der Waals surface area contributed by atoms with Crippen molar-refractivity contribution in [3.05, 3.63) is 87.4 Å². The minimum atomic E-state index is -0.684. The molecule has 5 nitrogen and oxygen atoms in total. The molecule has 0 heterocycles. The zero-order chi connectivity index (χ0) is 20.1. The fourth-order valence-electron chi connectivity index (χ4n) is 2.27. The summed E-state index contributed by atoms with van der Waals surface area (Å²) in [5, 5.41) is 5.95. The molecule has 0 spiro atoms. The van der Waals surface area contributed by atoms with Crippen molar-refractivity contribution in [1.82, 2.24) is 5.32 Å². The van der Waals surface area contributed by atoms with Crippen LogP contribution in [-0.2, 0) is 0 Å². The third kappa shape index (κ3) is 5.16. The van der Waals surface area contributed by atoms with Gasteiger partial charge >= 0.3 is 6.03 Å². The molecular weight excluding hydrogens is 423 g/mol. The summed E-state index contributed by atoms with van der Waals surface area (Å²) in [6.07, 6.45) is 0. The van der Waals surface area contributed by atoms with Crippen LogP contribution in [0.25, 0.3) is 0 Å². The lowest BCUT2D eigenvalue weighted by atomic mass is 10.2. The van der Waals surface area contributed by atoms with Crippen LogP contribution in [-0.4, -0.2) is 11.9 Å². The normalized spacial score (nSPS) is 10.2. The van der Waals surface area contributed by atoms with Crippen LogP contribution >= 0.6 is 34.8 Å². The number of hydrogen-bond acceptors (Lipinski definition) is 3. The van der Waals surface area contributed by atoms with Gasteiger partial charge in [0.05, 0.1) is 15.6 Å². The maximum absolute atomic E-state index is 12.1. The second-order valence-corrected chi connectivity index (χ2v) is 6.84. The first-order valence-electron chi connectivity index (χ1n) is 8.02. The highest BCUT2D eigenvalue weighted by Crippen LogP contribution is 2.32. The van der Waals surface area contributed by atoms with E-state index in [0.29, 0.717) is 27.2 Å². The second kappa shape index (κ2) is 8.97. The number of carbonyl (C=O) groups excluding carboxylic acids is 2. The van der Waals surface area contributed by atoms with E-state index in [1.54, 1.807) is 60.7 Å². The lowest BCUT2D eigenvalue weighted by Gasteiger charge is -2.10. The smallest absolute Gasteiger partial charge is 0.326 e. The van der Waals surface area contributed by atoms with Crippen molar-refractivity contribution in [3.8, 4) is 11.5 Å². The molecule has 0 bridgehead atoms. The van der Waals surface area contributed by atoms with E-state index in [0.717, 1.165) is 0 Å². The molecule has 0 radical (unpaired) electrons. The van der Waals surface area contributed by atoms with Crippen LogP contribution < -0.4 is 15.4 Å². The highest BCUT2D eigenvalue weighted by atomic mass is 35.5. The Hall–Kier alpha value is -2.73. The van der Waals surface area contributed by atoms with Crippen LogP contribution in [0.1, 0.15) is 10.4 Å². The summed E-state index contributed by atoms with van der Waals surface area (Å²) in [6.45, 7) is 0. The second-order valence-electron chi connectivity index (χ2n) is 5.59. The largest absolute Gasteiger partial charge is 0.456 e. The quantitative estimate of drug-likeness (QED) is 0.498. The zero-order valence-corrected chi connectivity index (χ0v) is 16.5. The van der Waals surface area contributed by atoms with E-state index in [1.807, 2.05) is 0 Å². The van der Waals surface area contributed by atoms with Gasteiger partial charge in [0, 0.05) is 16.8 Å². The van der Waals surface area contributed by atoms with Crippen molar-refractivity contribution in [3.63, 3.8) is 0 Å². The molecule has 0 aliphatic heterocycles. The van der Waals surface area contributed by atoms with Gasteiger partial charge in [-0.15, -0.1) is 0 Å². The van der Waals surface area contributed by atoms with E-state index in [9.17, 15) is 9.59 Å². The molecule has 0 fully saturated rings. The Bertz CT molecular complexity index is 1020. The van der Waals surface area contributed by atoms with Crippen molar-refractivity contribution >= 4 is 52.4 Å². The molecule has 0 saturated heterocycles. The van der Waals surface area contributed by atoms with Crippen molar-refractivity contribution in [1.29, 1.82) is 0 Å². The summed E-state index contributed by atoms with van der Waals surface area (Å²) in [5.74, 6) is 0.318. The Labute approximate surface area is 176 Å². The first-order chi connectivity index (χ1) is 13.4. The molecule has 2 N–H and O–H groups in total. The minimum Gasteiger partial charge on any atom is -0.456 e. The van der Waals surface area contributed by atoms with Gasteiger partial charge in [-0.25, -0.2) is 4.79 Å². The first-order valence-corrected chi connectivity index (χ1v) is 9.15. The average molecular weight is 436 g/mol. The van der Waals surface area contributed by atoms with Crippen molar-refractivity contribution in [2.45, 2.75) is 0 Å². The highest BCUT2D eigenvalue weighted by Gasteiger charge is 2.13. The molecule has 0 atom stereocenters. The number of halogens is 3. The van der Waals surface area contributed by atoms with E-state index in [2.05, 4.69) is 10.6 Å². The van der Waals surface area contributed by atoms with Gasteiger partial charge in [0.15, 0.2) is 0 Å². The maximum Gasteiger partial charge on any atom is 0.326 e. The summed E-state index contributed by atoms with van der Waals surface area (Å²) in [4.78, 5) is 24.1. The van der Waals surface area contributed by atoms with E-state index >= 15 is 0 Å². The lowest BCUT2D eigenvalue weighted by Crippen LogP contribution is -2.34. The summed E-state index contributed by atoms with van der Waals surface area (Å²) in [7, 11) is 0. The number of urea groups is 1. The van der Waals surface area contributed by atoms with Crippen LogP contribution in [0.5, 0.6) is 11.5 Å². The van der Waals surface area contributed by atoms with Crippen molar-refractivity contribution < 1.29 is 14.3 Å². The molecule has 0 aromatic heterocycles. The van der Waals surface area contributed by atoms with Crippen LogP contribution in [0.4, 0.5) is 10.5 Å². The fraction of sp³-hybridized carbons (Fsp3) is 0. The maximum atomic E-state index is 12.1. The van der Waals surface area contributed by atoms with Crippen LogP contribution in [0, 0.1) is 0 Å². The standard InChI is InChI=1S/C20H13Cl3N2O3/c21-12-5-10-17(23)18(11-12)28-14-8-6-13(7-9-14)24-20(27)25-19(26)15-3-1-2-4-16(15)22/h1-11H,(H2,24,25,26,27). The number of anilines is 1. The molecule has 8 heteroatoms. The van der Waals surface area contributed by atoms with Gasteiger partial charge in [-0.3, -0.25) is 10.1 Å². The summed E-state index contributed by atoms with van der Waals surface area (Å²) >= 11 is 17.9. The number of ether oxygens (including phenoxy) is 1. The Morgan fingerprint density at radius 1 is 0.821 bits per heavy atom. The number of benzene rings is 3. The van der Waals surface area contributed by atoms with Crippen LogP contribution in [0.3, 0.4) is 0 Å². The van der Waals surface area contributed by atoms with Crippen LogP contribution in [0.15, 0.2) is 66.7 Å². The molecule has 0 unspecified atom stereocenters. The zero-order valence-electron chi connectivity index (χ0n) is 14.2. The lowest BCUT2D eigenvalue weighted by molar-refractivity contribution is 0.0967. The molecule has 0 aliphatic carbocycles. The average Bonchev–Trinajstić information content (AvgIpc) is 2.66. The summed E-state index contributed by atoms with van der Waals surface area (Å²) < 4.78 is 5.67. The van der Waals surface area contributed by atoms with Gasteiger partial charge in [-0.1, -0.05) is 46.9 Å². The topological polar surface area (TPSA) is 67.4 Å². The molecule has 3 aromatic carbocycles. The third-order valence-corrected chi connectivity index (χ3v) is 4.46. The Kier molecular flexibility index (Phi) is 6.41. The number of nitrogens with one attached hydrogen (secondary N) is 2. The molecule has 3 aromatic rings. The minimum absolute atomic E-state index is 0.210. The predicted molar refractivity (Wildman–Crippen MR) is 111 cm³/mol. The highest BCUT2D eigenvalue weighted by molar-refractivity contribution is 6.34. The number of rotatable bonds is 4. The number of imide groups is 1.